The van der Waals surface area contributed by atoms with Crippen LogP contribution in [0.1, 0.15) is 39.1 Å². The lowest BCUT2D eigenvalue weighted by Crippen LogP contribution is -2.53. The molecule has 11 heteroatoms. The monoisotopic (exact) mass is 500 g/mol. The molecule has 3 aliphatic rings. The molecule has 2 aliphatic heterocycles. The van der Waals surface area contributed by atoms with Gasteiger partial charge >= 0.3 is 6.18 Å². The van der Waals surface area contributed by atoms with Crippen molar-refractivity contribution >= 4 is 15.7 Å². The second kappa shape index (κ2) is 9.13. The van der Waals surface area contributed by atoms with Gasteiger partial charge in [0.25, 0.3) is 0 Å². The lowest BCUT2D eigenvalue weighted by Gasteiger charge is -2.36. The van der Waals surface area contributed by atoms with E-state index in [4.69, 9.17) is 5.26 Å². The molecule has 4 rings (SSSR count). The Morgan fingerprint density at radius 2 is 1.91 bits per heavy atom. The minimum atomic E-state index is -4.81. The van der Waals surface area contributed by atoms with E-state index in [1.165, 1.54) is 12.1 Å². The van der Waals surface area contributed by atoms with Crippen molar-refractivity contribution in [3.8, 4) is 6.07 Å². The maximum absolute atomic E-state index is 13.6. The number of halogens is 3. The number of carbonyl (C=O) groups excluding carboxylic acids is 1. The first-order valence-corrected chi connectivity index (χ1v) is 13.1. The Morgan fingerprint density at radius 1 is 1.26 bits per heavy atom. The van der Waals surface area contributed by atoms with Crippen LogP contribution in [0.5, 0.6) is 0 Å². The maximum atomic E-state index is 13.6. The highest BCUT2D eigenvalue weighted by Crippen LogP contribution is 2.47. The molecule has 2 atom stereocenters. The van der Waals surface area contributed by atoms with E-state index < -0.39 is 43.3 Å². The lowest BCUT2D eigenvalue weighted by molar-refractivity contribution is -0.140. The molecular formula is C23H31F3N4O3S. The van der Waals surface area contributed by atoms with Crippen LogP contribution in [0.15, 0.2) is 29.2 Å². The first-order valence-electron chi connectivity index (χ1n) is 11.5. The van der Waals surface area contributed by atoms with Crippen LogP contribution in [0.2, 0.25) is 0 Å². The standard InChI is InChI=1S/C23H29F3N4O3S.H2/c1-29-12-6-16(7-13-29)21(31)30-15-17(14-20(30)22(8-9-22)28-11-10-27)34(32,33)19-5-3-2-4-18(19)23(24,25)26;/h2-5,16-17,20,28H,6-9,11-15H2,1H3;1H/t17-,20+;/m1./s1. The van der Waals surface area contributed by atoms with Gasteiger partial charge in [0.2, 0.25) is 5.91 Å². The normalized spacial score (nSPS) is 25.8. The number of nitrogens with zero attached hydrogens (tertiary/aromatic N) is 3. The van der Waals surface area contributed by atoms with Crippen LogP contribution in [-0.2, 0) is 20.8 Å². The van der Waals surface area contributed by atoms with E-state index in [1.807, 2.05) is 13.1 Å². The van der Waals surface area contributed by atoms with Gasteiger partial charge in [0.05, 0.1) is 34.4 Å². The molecular weight excluding hydrogens is 469 g/mol. The largest absolute Gasteiger partial charge is 0.417 e. The highest BCUT2D eigenvalue weighted by atomic mass is 32.2. The van der Waals surface area contributed by atoms with Crippen molar-refractivity contribution in [2.75, 3.05) is 33.2 Å². The number of rotatable bonds is 6. The van der Waals surface area contributed by atoms with Crippen molar-refractivity contribution < 1.29 is 27.8 Å². The molecule has 2 heterocycles. The number of likely N-dealkylation sites (tertiary alicyclic amines) is 2. The summed E-state index contributed by atoms with van der Waals surface area (Å²) in [5.74, 6) is -0.376. The second-order valence-electron chi connectivity index (χ2n) is 9.65. The van der Waals surface area contributed by atoms with Crippen LogP contribution in [-0.4, -0.2) is 74.2 Å². The molecule has 0 spiro atoms. The molecule has 1 N–H and O–H groups in total. The quantitative estimate of drug-likeness (QED) is 0.604. The summed E-state index contributed by atoms with van der Waals surface area (Å²) in [6.07, 6.45) is -2.08. The fourth-order valence-electron chi connectivity index (χ4n) is 5.39. The van der Waals surface area contributed by atoms with Crippen LogP contribution >= 0.6 is 0 Å². The van der Waals surface area contributed by atoms with Gasteiger partial charge in [-0.15, -0.1) is 0 Å². The third kappa shape index (κ3) is 4.68. The first-order chi connectivity index (χ1) is 16.0. The van der Waals surface area contributed by atoms with Gasteiger partial charge in [-0.3, -0.25) is 10.1 Å². The van der Waals surface area contributed by atoms with Crippen molar-refractivity contribution in [3.05, 3.63) is 29.8 Å². The molecule has 0 aromatic heterocycles. The predicted octanol–water partition coefficient (Wildman–Crippen LogP) is 2.68. The minimum absolute atomic E-state index is 0. The van der Waals surface area contributed by atoms with Crippen LogP contribution < -0.4 is 5.32 Å². The third-order valence-electron chi connectivity index (χ3n) is 7.50. The average molecular weight is 501 g/mol. The van der Waals surface area contributed by atoms with Gasteiger partial charge in [-0.1, -0.05) is 12.1 Å². The van der Waals surface area contributed by atoms with E-state index in [9.17, 15) is 26.4 Å². The summed E-state index contributed by atoms with van der Waals surface area (Å²) in [5, 5.41) is 11.1. The predicted molar refractivity (Wildman–Crippen MR) is 120 cm³/mol. The van der Waals surface area contributed by atoms with Gasteiger partial charge in [-0.2, -0.15) is 18.4 Å². The zero-order chi connectivity index (χ0) is 24.7. The fraction of sp³-hybridized carbons (Fsp3) is 0.652. The SMILES string of the molecule is CN1CCC(C(=O)N2C[C@H](S(=O)(=O)c3ccccc3C(F)(F)F)C[C@H]2C2(NCC#N)CC2)CC1.[HH]. The Bertz CT molecular complexity index is 1080. The number of alkyl halides is 3. The van der Waals surface area contributed by atoms with Crippen LogP contribution in [0.25, 0.3) is 0 Å². The maximum Gasteiger partial charge on any atom is 0.417 e. The molecule has 1 aliphatic carbocycles. The molecule has 3 fully saturated rings. The topological polar surface area (TPSA) is 93.5 Å². The van der Waals surface area contributed by atoms with Gasteiger partial charge in [0.15, 0.2) is 9.84 Å². The van der Waals surface area contributed by atoms with E-state index >= 15 is 0 Å². The van der Waals surface area contributed by atoms with Crippen molar-refractivity contribution in [3.63, 3.8) is 0 Å². The van der Waals surface area contributed by atoms with Gasteiger partial charge in [-0.25, -0.2) is 8.42 Å². The number of carbonyl (C=O) groups is 1. The molecule has 0 radical (unpaired) electrons. The number of hydrogen-bond donors (Lipinski definition) is 1. The van der Waals surface area contributed by atoms with E-state index in [0.29, 0.717) is 25.7 Å². The summed E-state index contributed by atoms with van der Waals surface area (Å²) in [7, 11) is -2.38. The highest BCUT2D eigenvalue weighted by molar-refractivity contribution is 7.92. The van der Waals surface area contributed by atoms with Gasteiger partial charge in [0.1, 0.15) is 0 Å². The highest BCUT2D eigenvalue weighted by Gasteiger charge is 2.58. The number of nitrogens with one attached hydrogen (secondary N) is 1. The Hall–Kier alpha value is -2.16. The Balaban J connectivity index is 0.00000342. The second-order valence-corrected chi connectivity index (χ2v) is 11.8. The number of benzene rings is 1. The molecule has 1 aromatic rings. The van der Waals surface area contributed by atoms with Crippen molar-refractivity contribution in [2.24, 2.45) is 5.92 Å². The average Bonchev–Trinajstić information content (AvgIpc) is 3.44. The summed E-state index contributed by atoms with van der Waals surface area (Å²) >= 11 is 0. The van der Waals surface area contributed by atoms with E-state index in [-0.39, 0.29) is 32.8 Å². The summed E-state index contributed by atoms with van der Waals surface area (Å²) in [4.78, 5) is 16.5. The van der Waals surface area contributed by atoms with E-state index in [0.717, 1.165) is 25.2 Å². The minimum Gasteiger partial charge on any atom is -0.336 e. The van der Waals surface area contributed by atoms with Crippen LogP contribution in [0, 0.1) is 17.2 Å². The molecule has 34 heavy (non-hydrogen) atoms. The van der Waals surface area contributed by atoms with Gasteiger partial charge in [-0.05, 0) is 64.4 Å². The van der Waals surface area contributed by atoms with E-state index in [2.05, 4.69) is 10.2 Å². The molecule has 1 aromatic carbocycles. The van der Waals surface area contributed by atoms with Crippen molar-refractivity contribution in [2.45, 2.75) is 60.0 Å². The molecule has 2 saturated heterocycles. The smallest absolute Gasteiger partial charge is 0.336 e. The van der Waals surface area contributed by atoms with E-state index in [1.54, 1.807) is 4.90 Å². The Kier molecular flexibility index (Phi) is 6.70. The number of hydrogen-bond acceptors (Lipinski definition) is 6. The lowest BCUT2D eigenvalue weighted by atomic mass is 9.94. The molecule has 1 saturated carbocycles. The van der Waals surface area contributed by atoms with Crippen molar-refractivity contribution in [1.29, 1.82) is 5.26 Å². The van der Waals surface area contributed by atoms with Gasteiger partial charge in [0, 0.05) is 19.4 Å². The Morgan fingerprint density at radius 3 is 2.50 bits per heavy atom. The Labute approximate surface area is 199 Å². The summed E-state index contributed by atoms with van der Waals surface area (Å²) in [6, 6.07) is 5.77. The zero-order valence-electron chi connectivity index (χ0n) is 19.0. The third-order valence-corrected chi connectivity index (χ3v) is 9.69. The fourth-order valence-corrected chi connectivity index (χ4v) is 7.30. The number of amides is 1. The first kappa shape index (κ1) is 24.9. The number of nitriles is 1. The summed E-state index contributed by atoms with van der Waals surface area (Å²) < 4.78 is 67.7. The number of sulfone groups is 1. The summed E-state index contributed by atoms with van der Waals surface area (Å²) in [6.45, 7) is 1.43. The molecule has 1 amide bonds. The molecule has 7 nitrogen and oxygen atoms in total. The molecule has 0 bridgehead atoms. The molecule has 188 valence electrons. The number of piperidine rings is 1. The zero-order valence-corrected chi connectivity index (χ0v) is 19.8. The summed E-state index contributed by atoms with van der Waals surface area (Å²) in [5.41, 5.74) is -1.75. The van der Waals surface area contributed by atoms with Crippen molar-refractivity contribution in [1.82, 2.24) is 15.1 Å². The van der Waals surface area contributed by atoms with Gasteiger partial charge < -0.3 is 9.80 Å². The molecule has 0 unspecified atom stereocenters. The van der Waals surface area contributed by atoms with Crippen LogP contribution in [0.4, 0.5) is 13.2 Å². The van der Waals surface area contributed by atoms with Crippen LogP contribution in [0.3, 0.4) is 0 Å².